The molecule has 1 aromatic carbocycles. The normalized spacial score (nSPS) is 12.7. The third-order valence-corrected chi connectivity index (χ3v) is 2.41. The van der Waals surface area contributed by atoms with Crippen molar-refractivity contribution in [1.29, 1.82) is 0 Å². The number of halogens is 1. The summed E-state index contributed by atoms with van der Waals surface area (Å²) in [6.45, 7) is 0. The Morgan fingerprint density at radius 2 is 2.00 bits per heavy atom. The van der Waals surface area contributed by atoms with Crippen LogP contribution in [0.3, 0.4) is 0 Å². The van der Waals surface area contributed by atoms with E-state index >= 15 is 0 Å². The Kier molecular flexibility index (Phi) is 2.60. The van der Waals surface area contributed by atoms with Crippen LogP contribution in [-0.2, 0) is 0 Å². The highest BCUT2D eigenvalue weighted by Gasteiger charge is 2.12. The highest BCUT2D eigenvalue weighted by molar-refractivity contribution is 9.10. The molecular weight excluding hydrogens is 246 g/mol. The lowest BCUT2D eigenvalue weighted by molar-refractivity contribution is 0.407. The molecule has 0 aliphatic heterocycles. The van der Waals surface area contributed by atoms with Gasteiger partial charge in [-0.25, -0.2) is 0 Å². The zero-order valence-corrected chi connectivity index (χ0v) is 8.81. The molecule has 4 nitrogen and oxygen atoms in total. The van der Waals surface area contributed by atoms with Gasteiger partial charge in [0.2, 0.25) is 6.39 Å². The lowest BCUT2D eigenvalue weighted by Crippen LogP contribution is -2.13. The maximum atomic E-state index is 5.91. The highest BCUT2D eigenvalue weighted by atomic mass is 79.9. The average molecular weight is 254 g/mol. The molecule has 14 heavy (non-hydrogen) atoms. The van der Waals surface area contributed by atoms with Crippen LogP contribution in [0.1, 0.15) is 17.4 Å². The summed E-state index contributed by atoms with van der Waals surface area (Å²) in [5, 5.41) is 3.69. The molecule has 1 heterocycles. The first-order chi connectivity index (χ1) is 6.77. The van der Waals surface area contributed by atoms with Crippen LogP contribution in [0, 0.1) is 0 Å². The van der Waals surface area contributed by atoms with Crippen LogP contribution in [0.5, 0.6) is 0 Å². The molecule has 5 heteroatoms. The van der Waals surface area contributed by atoms with Gasteiger partial charge in [0.1, 0.15) is 0 Å². The van der Waals surface area contributed by atoms with E-state index in [1.165, 1.54) is 6.39 Å². The van der Waals surface area contributed by atoms with Crippen LogP contribution in [0.15, 0.2) is 39.7 Å². The van der Waals surface area contributed by atoms with Crippen molar-refractivity contribution in [3.63, 3.8) is 0 Å². The second-order valence-electron chi connectivity index (χ2n) is 2.82. The standard InChI is InChI=1S/C9H8BrN3O/c10-7-3-1-6(2-4-7)8(11)9-12-5-14-13-9/h1-5,8H,11H2. The van der Waals surface area contributed by atoms with E-state index in [0.29, 0.717) is 5.82 Å². The minimum Gasteiger partial charge on any atom is -0.343 e. The van der Waals surface area contributed by atoms with E-state index in [1.807, 2.05) is 24.3 Å². The molecule has 72 valence electrons. The van der Waals surface area contributed by atoms with Crippen molar-refractivity contribution in [3.8, 4) is 0 Å². The second-order valence-corrected chi connectivity index (χ2v) is 3.73. The lowest BCUT2D eigenvalue weighted by atomic mass is 10.1. The molecule has 2 rings (SSSR count). The molecule has 0 fully saturated rings. The molecular formula is C9H8BrN3O. The van der Waals surface area contributed by atoms with Crippen molar-refractivity contribution in [1.82, 2.24) is 10.1 Å². The van der Waals surface area contributed by atoms with Gasteiger partial charge in [0, 0.05) is 4.47 Å². The summed E-state index contributed by atoms with van der Waals surface area (Å²) in [5.74, 6) is 0.493. The first kappa shape index (κ1) is 9.36. The highest BCUT2D eigenvalue weighted by Crippen LogP contribution is 2.18. The summed E-state index contributed by atoms with van der Waals surface area (Å²) < 4.78 is 5.65. The average Bonchev–Trinajstić information content (AvgIpc) is 2.71. The summed E-state index contributed by atoms with van der Waals surface area (Å²) in [4.78, 5) is 3.90. The Bertz CT molecular complexity index is 399. The van der Waals surface area contributed by atoms with Crippen molar-refractivity contribution >= 4 is 15.9 Å². The van der Waals surface area contributed by atoms with Crippen molar-refractivity contribution in [2.24, 2.45) is 5.73 Å². The number of rotatable bonds is 2. The van der Waals surface area contributed by atoms with Crippen LogP contribution >= 0.6 is 15.9 Å². The van der Waals surface area contributed by atoms with Crippen LogP contribution in [0.4, 0.5) is 0 Å². The molecule has 0 saturated heterocycles. The van der Waals surface area contributed by atoms with E-state index in [1.54, 1.807) is 0 Å². The Labute approximate surface area is 89.2 Å². The van der Waals surface area contributed by atoms with E-state index in [2.05, 4.69) is 30.6 Å². The van der Waals surface area contributed by atoms with Gasteiger partial charge in [-0.2, -0.15) is 4.98 Å². The van der Waals surface area contributed by atoms with Gasteiger partial charge in [0.25, 0.3) is 0 Å². The zero-order valence-electron chi connectivity index (χ0n) is 7.22. The molecule has 1 unspecified atom stereocenters. The van der Waals surface area contributed by atoms with Crippen molar-refractivity contribution < 1.29 is 4.52 Å². The molecule has 0 amide bonds. The summed E-state index contributed by atoms with van der Waals surface area (Å²) in [5.41, 5.74) is 6.86. The van der Waals surface area contributed by atoms with E-state index in [0.717, 1.165) is 10.0 Å². The zero-order chi connectivity index (χ0) is 9.97. The van der Waals surface area contributed by atoms with E-state index in [4.69, 9.17) is 5.73 Å². The van der Waals surface area contributed by atoms with Crippen molar-refractivity contribution in [2.75, 3.05) is 0 Å². The van der Waals surface area contributed by atoms with Gasteiger partial charge in [0.15, 0.2) is 5.82 Å². The van der Waals surface area contributed by atoms with Crippen LogP contribution in [0.25, 0.3) is 0 Å². The Balaban J connectivity index is 2.28. The number of benzene rings is 1. The van der Waals surface area contributed by atoms with Crippen LogP contribution in [-0.4, -0.2) is 10.1 Å². The van der Waals surface area contributed by atoms with E-state index in [9.17, 15) is 0 Å². The van der Waals surface area contributed by atoms with Crippen LogP contribution in [0.2, 0.25) is 0 Å². The Morgan fingerprint density at radius 3 is 2.57 bits per heavy atom. The molecule has 0 aliphatic rings. The maximum Gasteiger partial charge on any atom is 0.213 e. The fourth-order valence-electron chi connectivity index (χ4n) is 1.13. The molecule has 0 radical (unpaired) electrons. The quantitative estimate of drug-likeness (QED) is 0.888. The first-order valence-corrected chi connectivity index (χ1v) is 4.84. The Hall–Kier alpha value is -1.20. The minimum absolute atomic E-state index is 0.332. The maximum absolute atomic E-state index is 5.91. The predicted molar refractivity (Wildman–Crippen MR) is 54.5 cm³/mol. The third kappa shape index (κ3) is 1.83. The molecule has 2 N–H and O–H groups in total. The van der Waals surface area contributed by atoms with E-state index in [-0.39, 0.29) is 6.04 Å². The van der Waals surface area contributed by atoms with Gasteiger partial charge in [-0.15, -0.1) is 0 Å². The predicted octanol–water partition coefficient (Wildman–Crippen LogP) is 1.88. The fourth-order valence-corrected chi connectivity index (χ4v) is 1.40. The van der Waals surface area contributed by atoms with Gasteiger partial charge >= 0.3 is 0 Å². The van der Waals surface area contributed by atoms with Gasteiger partial charge < -0.3 is 10.3 Å². The second kappa shape index (κ2) is 3.89. The van der Waals surface area contributed by atoms with Gasteiger partial charge in [0.05, 0.1) is 6.04 Å². The summed E-state index contributed by atoms with van der Waals surface area (Å²) in [7, 11) is 0. The monoisotopic (exact) mass is 253 g/mol. The summed E-state index contributed by atoms with van der Waals surface area (Å²) in [6.07, 6.45) is 1.27. The molecule has 1 atom stereocenters. The SMILES string of the molecule is NC(c1ccc(Br)cc1)c1ncon1. The first-order valence-electron chi connectivity index (χ1n) is 4.04. The topological polar surface area (TPSA) is 64.9 Å². The number of nitrogens with two attached hydrogens (primary N) is 1. The molecule has 0 saturated carbocycles. The fraction of sp³-hybridized carbons (Fsp3) is 0.111. The third-order valence-electron chi connectivity index (χ3n) is 1.89. The van der Waals surface area contributed by atoms with Crippen LogP contribution < -0.4 is 5.73 Å². The smallest absolute Gasteiger partial charge is 0.213 e. The molecule has 0 bridgehead atoms. The van der Waals surface area contributed by atoms with E-state index < -0.39 is 0 Å². The molecule has 0 aliphatic carbocycles. The Morgan fingerprint density at radius 1 is 1.29 bits per heavy atom. The van der Waals surface area contributed by atoms with Gasteiger partial charge in [-0.05, 0) is 17.7 Å². The van der Waals surface area contributed by atoms with Crippen molar-refractivity contribution in [3.05, 3.63) is 46.5 Å². The lowest BCUT2D eigenvalue weighted by Gasteiger charge is -2.06. The number of hydrogen-bond donors (Lipinski definition) is 1. The number of aromatic nitrogens is 2. The van der Waals surface area contributed by atoms with Gasteiger partial charge in [-0.3, -0.25) is 0 Å². The number of hydrogen-bond acceptors (Lipinski definition) is 4. The molecule has 1 aromatic heterocycles. The largest absolute Gasteiger partial charge is 0.343 e. The van der Waals surface area contributed by atoms with Gasteiger partial charge in [-0.1, -0.05) is 33.2 Å². The van der Waals surface area contributed by atoms with Crippen molar-refractivity contribution in [2.45, 2.75) is 6.04 Å². The number of nitrogens with zero attached hydrogens (tertiary/aromatic N) is 2. The molecule has 2 aromatic rings. The summed E-state index contributed by atoms with van der Waals surface area (Å²) in [6, 6.07) is 7.36. The molecule has 0 spiro atoms. The summed E-state index contributed by atoms with van der Waals surface area (Å²) >= 11 is 3.35. The minimum atomic E-state index is -0.332.